The van der Waals surface area contributed by atoms with Crippen molar-refractivity contribution in [3.8, 4) is 11.4 Å². The lowest BCUT2D eigenvalue weighted by Gasteiger charge is -2.08. The molecular weight excluding hydrogens is 309 g/mol. The van der Waals surface area contributed by atoms with E-state index in [1.165, 1.54) is 29.9 Å². The smallest absolute Gasteiger partial charge is 0.296 e. The maximum Gasteiger partial charge on any atom is 0.296 e. The molecule has 0 unspecified atom stereocenters. The molecule has 2 rings (SSSR count). The fourth-order valence-corrected chi connectivity index (χ4v) is 2.62. The maximum absolute atomic E-state index is 13.3. The average molecular weight is 320 g/mol. The Balaban J connectivity index is 2.56. The monoisotopic (exact) mass is 319 g/mol. The van der Waals surface area contributed by atoms with Gasteiger partial charge in [0.15, 0.2) is 5.82 Å². The minimum Gasteiger partial charge on any atom is -0.383 e. The van der Waals surface area contributed by atoms with E-state index in [1.807, 2.05) is 0 Å². The van der Waals surface area contributed by atoms with Crippen LogP contribution < -0.4 is 0 Å². The van der Waals surface area contributed by atoms with E-state index in [9.17, 15) is 12.8 Å². The van der Waals surface area contributed by atoms with Crippen LogP contribution in [0.3, 0.4) is 0 Å². The molecule has 0 bridgehead atoms. The third-order valence-corrected chi connectivity index (χ3v) is 3.69. The minimum atomic E-state index is -4.05. The van der Waals surface area contributed by atoms with Crippen LogP contribution in [0.1, 0.15) is 0 Å². The van der Waals surface area contributed by atoms with Crippen molar-refractivity contribution in [3.05, 3.63) is 30.1 Å². The van der Waals surface area contributed by atoms with E-state index in [1.54, 1.807) is 6.07 Å². The first-order valence-electron chi connectivity index (χ1n) is 5.56. The highest BCUT2D eigenvalue weighted by molar-refractivity contribution is 8.13. The maximum atomic E-state index is 13.3. The van der Waals surface area contributed by atoms with E-state index < -0.39 is 20.0 Å². The van der Waals surface area contributed by atoms with Crippen LogP contribution in [0.2, 0.25) is 0 Å². The van der Waals surface area contributed by atoms with Gasteiger partial charge in [0.05, 0.1) is 13.2 Å². The number of hydrogen-bond acceptors (Lipinski definition) is 5. The van der Waals surface area contributed by atoms with Gasteiger partial charge in [0.2, 0.25) is 0 Å². The van der Waals surface area contributed by atoms with Gasteiger partial charge in [0.25, 0.3) is 14.2 Å². The van der Waals surface area contributed by atoms with Gasteiger partial charge in [0, 0.05) is 23.4 Å². The second kappa shape index (κ2) is 5.86. The second-order valence-electron chi connectivity index (χ2n) is 3.90. The molecule has 0 radical (unpaired) electrons. The molecule has 0 N–H and O–H groups in total. The molecule has 9 heteroatoms. The normalized spacial score (nSPS) is 11.8. The number of halogens is 2. The Morgan fingerprint density at radius 1 is 1.40 bits per heavy atom. The first kappa shape index (κ1) is 14.9. The predicted molar refractivity (Wildman–Crippen MR) is 70.3 cm³/mol. The number of hydrogen-bond donors (Lipinski definition) is 0. The summed E-state index contributed by atoms with van der Waals surface area (Å²) in [6, 6.07) is 5.60. The van der Waals surface area contributed by atoms with Gasteiger partial charge < -0.3 is 4.74 Å². The van der Waals surface area contributed by atoms with Gasteiger partial charge in [-0.2, -0.15) is 0 Å². The fraction of sp³-hybridized carbons (Fsp3) is 0.273. The molecule has 6 nitrogen and oxygen atoms in total. The SMILES string of the molecule is COCCn1c(-c2cccc(F)c2)nnc1S(=O)(=O)Cl. The second-order valence-corrected chi connectivity index (χ2v) is 6.36. The summed E-state index contributed by atoms with van der Waals surface area (Å²) in [5.74, 6) is -0.250. The van der Waals surface area contributed by atoms with Crippen LogP contribution in [-0.2, 0) is 20.3 Å². The van der Waals surface area contributed by atoms with Crippen molar-refractivity contribution in [3.63, 3.8) is 0 Å². The van der Waals surface area contributed by atoms with Crippen molar-refractivity contribution in [2.45, 2.75) is 11.7 Å². The zero-order chi connectivity index (χ0) is 14.8. The van der Waals surface area contributed by atoms with Gasteiger partial charge in [-0.05, 0) is 12.1 Å². The highest BCUT2D eigenvalue weighted by Crippen LogP contribution is 2.22. The Kier molecular flexibility index (Phi) is 4.36. The van der Waals surface area contributed by atoms with Crippen molar-refractivity contribution in [1.82, 2.24) is 14.8 Å². The molecule has 1 aromatic carbocycles. The van der Waals surface area contributed by atoms with Crippen LogP contribution in [0.15, 0.2) is 29.4 Å². The quantitative estimate of drug-likeness (QED) is 0.784. The van der Waals surface area contributed by atoms with Crippen LogP contribution in [0.25, 0.3) is 11.4 Å². The molecule has 2 aromatic rings. The van der Waals surface area contributed by atoms with Crippen LogP contribution in [0.5, 0.6) is 0 Å². The summed E-state index contributed by atoms with van der Waals surface area (Å²) in [6.45, 7) is 0.413. The average Bonchev–Trinajstić information content (AvgIpc) is 2.79. The number of methoxy groups -OCH3 is 1. The Hall–Kier alpha value is -1.51. The van der Waals surface area contributed by atoms with Crippen molar-refractivity contribution >= 4 is 19.7 Å². The Labute approximate surface area is 119 Å². The molecule has 0 spiro atoms. The van der Waals surface area contributed by atoms with E-state index in [4.69, 9.17) is 15.4 Å². The summed E-state index contributed by atoms with van der Waals surface area (Å²) in [5, 5.41) is 6.94. The molecule has 108 valence electrons. The van der Waals surface area contributed by atoms with Gasteiger partial charge in [0.1, 0.15) is 5.82 Å². The van der Waals surface area contributed by atoms with Crippen LogP contribution in [0, 0.1) is 5.82 Å². The highest BCUT2D eigenvalue weighted by Gasteiger charge is 2.23. The summed E-state index contributed by atoms with van der Waals surface area (Å²) in [5.41, 5.74) is 0.403. The zero-order valence-electron chi connectivity index (χ0n) is 10.5. The molecular formula is C11H11ClFN3O3S. The summed E-state index contributed by atoms with van der Waals surface area (Å²) in [4.78, 5) is 0. The van der Waals surface area contributed by atoms with Gasteiger partial charge in [-0.3, -0.25) is 4.57 Å². The highest BCUT2D eigenvalue weighted by atomic mass is 35.7. The number of benzene rings is 1. The molecule has 0 saturated heterocycles. The van der Waals surface area contributed by atoms with E-state index in [-0.39, 0.29) is 19.0 Å². The van der Waals surface area contributed by atoms with E-state index in [0.717, 1.165) is 0 Å². The molecule has 0 atom stereocenters. The molecule has 1 heterocycles. The molecule has 1 aromatic heterocycles. The lowest BCUT2D eigenvalue weighted by atomic mass is 10.2. The molecule has 0 fully saturated rings. The lowest BCUT2D eigenvalue weighted by Crippen LogP contribution is -2.11. The van der Waals surface area contributed by atoms with E-state index in [0.29, 0.717) is 5.56 Å². The van der Waals surface area contributed by atoms with Crippen molar-refractivity contribution < 1.29 is 17.5 Å². The fourth-order valence-electron chi connectivity index (χ4n) is 1.69. The zero-order valence-corrected chi connectivity index (χ0v) is 12.0. The molecule has 0 aliphatic rings. The van der Waals surface area contributed by atoms with Gasteiger partial charge >= 0.3 is 0 Å². The summed E-state index contributed by atoms with van der Waals surface area (Å²) >= 11 is 0. The van der Waals surface area contributed by atoms with Crippen molar-refractivity contribution in [2.24, 2.45) is 0 Å². The van der Waals surface area contributed by atoms with Crippen molar-refractivity contribution in [2.75, 3.05) is 13.7 Å². The summed E-state index contributed by atoms with van der Waals surface area (Å²) in [7, 11) is 2.73. The topological polar surface area (TPSA) is 74.1 Å². The number of nitrogens with zero attached hydrogens (tertiary/aromatic N) is 3. The first-order chi connectivity index (χ1) is 9.43. The van der Waals surface area contributed by atoms with E-state index >= 15 is 0 Å². The Morgan fingerprint density at radius 3 is 2.75 bits per heavy atom. The largest absolute Gasteiger partial charge is 0.383 e. The van der Waals surface area contributed by atoms with Crippen LogP contribution in [-0.4, -0.2) is 36.9 Å². The van der Waals surface area contributed by atoms with E-state index in [2.05, 4.69) is 10.2 Å². The minimum absolute atomic E-state index is 0.177. The molecule has 0 aliphatic carbocycles. The Bertz CT molecular complexity index is 717. The molecule has 0 amide bonds. The van der Waals surface area contributed by atoms with Crippen LogP contribution in [0.4, 0.5) is 4.39 Å². The number of aromatic nitrogens is 3. The van der Waals surface area contributed by atoms with Crippen LogP contribution >= 0.6 is 10.7 Å². The summed E-state index contributed by atoms with van der Waals surface area (Å²) in [6.07, 6.45) is 0. The standard InChI is InChI=1S/C11H11ClFN3O3S/c1-19-6-5-16-10(8-3-2-4-9(13)7-8)14-15-11(16)20(12,17)18/h2-4,7H,5-6H2,1H3. The lowest BCUT2D eigenvalue weighted by molar-refractivity contribution is 0.185. The first-order valence-corrected chi connectivity index (χ1v) is 7.87. The number of ether oxygens (including phenoxy) is 1. The van der Waals surface area contributed by atoms with Gasteiger partial charge in [-0.25, -0.2) is 12.8 Å². The third-order valence-electron chi connectivity index (χ3n) is 2.54. The Morgan fingerprint density at radius 2 is 2.15 bits per heavy atom. The number of rotatable bonds is 5. The van der Waals surface area contributed by atoms with Crippen molar-refractivity contribution in [1.29, 1.82) is 0 Å². The predicted octanol–water partition coefficient (Wildman–Crippen LogP) is 1.66. The third kappa shape index (κ3) is 3.14. The van der Waals surface area contributed by atoms with Gasteiger partial charge in [-0.15, -0.1) is 10.2 Å². The van der Waals surface area contributed by atoms with Gasteiger partial charge in [-0.1, -0.05) is 12.1 Å². The summed E-state index contributed by atoms with van der Waals surface area (Å²) < 4.78 is 42.3. The molecule has 0 saturated carbocycles. The molecule has 0 aliphatic heterocycles. The molecule has 20 heavy (non-hydrogen) atoms.